The Bertz CT molecular complexity index is 614. The maximum absolute atomic E-state index is 12.4. The maximum atomic E-state index is 12.4. The molecule has 0 unspecified atom stereocenters. The standard InChI is InChI=1S/C15H11BF3/c1-12-2-4-13(5-3-12)6-7-14-8-10-15(11-9-14)16(17,18)19/h2-5,8-11H,1H3/q-1. The first-order valence-electron chi connectivity index (χ1n) is 5.84. The van der Waals surface area contributed by atoms with Crippen LogP contribution in [0.25, 0.3) is 0 Å². The first-order chi connectivity index (χ1) is 8.95. The van der Waals surface area contributed by atoms with E-state index in [0.717, 1.165) is 23.3 Å². The monoisotopic (exact) mass is 259 g/mol. The Morgan fingerprint density at radius 2 is 1.16 bits per heavy atom. The van der Waals surface area contributed by atoms with Crippen LogP contribution in [0.1, 0.15) is 16.7 Å². The van der Waals surface area contributed by atoms with Crippen LogP contribution in [0, 0.1) is 18.8 Å². The SMILES string of the molecule is Cc1ccc(C#Cc2ccc([B-](F)(F)F)cc2)cc1. The summed E-state index contributed by atoms with van der Waals surface area (Å²) in [6.45, 7) is -2.95. The number of halogens is 3. The van der Waals surface area contributed by atoms with E-state index in [1.807, 2.05) is 31.2 Å². The fourth-order valence-electron chi connectivity index (χ4n) is 1.57. The average Bonchev–Trinajstić information content (AvgIpc) is 2.37. The summed E-state index contributed by atoms with van der Waals surface area (Å²) in [5.41, 5.74) is 1.96. The summed E-state index contributed by atoms with van der Waals surface area (Å²) >= 11 is 0. The molecular formula is C15H11BF3-. The van der Waals surface area contributed by atoms with E-state index in [0.29, 0.717) is 5.56 Å². The van der Waals surface area contributed by atoms with Crippen molar-refractivity contribution in [2.24, 2.45) is 0 Å². The van der Waals surface area contributed by atoms with E-state index >= 15 is 0 Å². The van der Waals surface area contributed by atoms with Crippen molar-refractivity contribution in [3.05, 3.63) is 65.2 Å². The van der Waals surface area contributed by atoms with Gasteiger partial charge >= 0.3 is 6.98 Å². The summed E-state index contributed by atoms with van der Waals surface area (Å²) in [4.78, 5) is 0. The lowest BCUT2D eigenvalue weighted by Gasteiger charge is -2.13. The highest BCUT2D eigenvalue weighted by atomic mass is 19.4. The molecule has 96 valence electrons. The average molecular weight is 259 g/mol. The van der Waals surface area contributed by atoms with Gasteiger partial charge in [-0.15, -0.1) is 5.46 Å². The third kappa shape index (κ3) is 3.66. The van der Waals surface area contributed by atoms with Crippen molar-refractivity contribution in [2.45, 2.75) is 6.92 Å². The molecule has 0 saturated carbocycles. The number of hydrogen-bond donors (Lipinski definition) is 0. The highest BCUT2D eigenvalue weighted by Gasteiger charge is 2.24. The normalized spacial score (nSPS) is 10.7. The molecule has 2 aromatic carbocycles. The number of aryl methyl sites for hydroxylation is 1. The molecule has 0 aromatic heterocycles. The van der Waals surface area contributed by atoms with E-state index in [-0.39, 0.29) is 0 Å². The van der Waals surface area contributed by atoms with Crippen molar-refractivity contribution in [3.63, 3.8) is 0 Å². The molecule has 4 heteroatoms. The van der Waals surface area contributed by atoms with Gasteiger partial charge in [-0.25, -0.2) is 0 Å². The van der Waals surface area contributed by atoms with Crippen molar-refractivity contribution >= 4 is 12.4 Å². The molecule has 0 bridgehead atoms. The van der Waals surface area contributed by atoms with Crippen molar-refractivity contribution in [3.8, 4) is 11.8 Å². The van der Waals surface area contributed by atoms with Crippen LogP contribution in [0.3, 0.4) is 0 Å². The van der Waals surface area contributed by atoms with Crippen molar-refractivity contribution in [1.29, 1.82) is 0 Å². The second kappa shape index (κ2) is 5.23. The second-order valence-corrected chi connectivity index (χ2v) is 4.31. The van der Waals surface area contributed by atoms with Crippen LogP contribution in [-0.2, 0) is 0 Å². The molecule has 0 spiro atoms. The van der Waals surface area contributed by atoms with Crippen LogP contribution in [0.2, 0.25) is 0 Å². The molecule has 2 rings (SSSR count). The molecule has 0 aliphatic heterocycles. The van der Waals surface area contributed by atoms with E-state index in [2.05, 4.69) is 11.8 Å². The van der Waals surface area contributed by atoms with E-state index in [1.165, 1.54) is 12.1 Å². The van der Waals surface area contributed by atoms with Gasteiger partial charge in [-0.2, -0.15) is 0 Å². The van der Waals surface area contributed by atoms with Crippen LogP contribution in [0.15, 0.2) is 48.5 Å². The van der Waals surface area contributed by atoms with Gasteiger partial charge in [0.2, 0.25) is 0 Å². The fourth-order valence-corrected chi connectivity index (χ4v) is 1.57. The summed E-state index contributed by atoms with van der Waals surface area (Å²) in [5, 5.41) is 0. The van der Waals surface area contributed by atoms with Gasteiger partial charge in [-0.3, -0.25) is 0 Å². The molecule has 0 heterocycles. The first-order valence-corrected chi connectivity index (χ1v) is 5.84. The molecule has 0 nitrogen and oxygen atoms in total. The summed E-state index contributed by atoms with van der Waals surface area (Å²) < 4.78 is 37.3. The minimum Gasteiger partial charge on any atom is -0.445 e. The lowest BCUT2D eigenvalue weighted by molar-refractivity contribution is 0.501. The van der Waals surface area contributed by atoms with Gasteiger partial charge in [0.1, 0.15) is 0 Å². The molecule has 0 aliphatic carbocycles. The zero-order chi connectivity index (χ0) is 13.9. The van der Waals surface area contributed by atoms with Gasteiger partial charge in [0, 0.05) is 11.1 Å². The predicted octanol–water partition coefficient (Wildman–Crippen LogP) is 3.45. The largest absolute Gasteiger partial charge is 0.509 e. The van der Waals surface area contributed by atoms with Crippen molar-refractivity contribution in [2.75, 3.05) is 0 Å². The minimum absolute atomic E-state index is 0.573. The second-order valence-electron chi connectivity index (χ2n) is 4.31. The van der Waals surface area contributed by atoms with Crippen molar-refractivity contribution < 1.29 is 12.9 Å². The Balaban J connectivity index is 2.19. The number of rotatable bonds is 1. The smallest absolute Gasteiger partial charge is 0.445 e. The van der Waals surface area contributed by atoms with Crippen LogP contribution in [-0.4, -0.2) is 6.98 Å². The summed E-state index contributed by atoms with van der Waals surface area (Å²) in [6, 6.07) is 12.6. The maximum Gasteiger partial charge on any atom is 0.509 e. The molecule has 19 heavy (non-hydrogen) atoms. The summed E-state index contributed by atoms with van der Waals surface area (Å²) in [6.07, 6.45) is 0. The highest BCUT2D eigenvalue weighted by Crippen LogP contribution is 2.09. The van der Waals surface area contributed by atoms with Gasteiger partial charge in [0.25, 0.3) is 0 Å². The quantitative estimate of drug-likeness (QED) is 0.543. The zero-order valence-corrected chi connectivity index (χ0v) is 10.3. The number of hydrogen-bond acceptors (Lipinski definition) is 0. The van der Waals surface area contributed by atoms with Gasteiger partial charge in [0.15, 0.2) is 0 Å². The molecule has 0 radical (unpaired) electrons. The molecule has 0 aliphatic rings. The van der Waals surface area contributed by atoms with Crippen LogP contribution < -0.4 is 5.46 Å². The highest BCUT2D eigenvalue weighted by molar-refractivity contribution is 6.73. The molecule has 2 aromatic rings. The predicted molar refractivity (Wildman–Crippen MR) is 72.3 cm³/mol. The summed E-state index contributed by atoms with van der Waals surface area (Å²) in [5.74, 6) is 5.77. The van der Waals surface area contributed by atoms with Crippen LogP contribution in [0.4, 0.5) is 12.9 Å². The van der Waals surface area contributed by atoms with Crippen molar-refractivity contribution in [1.82, 2.24) is 0 Å². The van der Waals surface area contributed by atoms with E-state index in [1.54, 1.807) is 0 Å². The molecule has 0 N–H and O–H groups in total. The summed E-state index contributed by atoms with van der Waals surface area (Å²) in [7, 11) is 0. The van der Waals surface area contributed by atoms with Crippen LogP contribution in [0.5, 0.6) is 0 Å². The fraction of sp³-hybridized carbons (Fsp3) is 0.0667. The van der Waals surface area contributed by atoms with Gasteiger partial charge in [-0.05, 0) is 31.2 Å². The van der Waals surface area contributed by atoms with Gasteiger partial charge in [-0.1, -0.05) is 41.7 Å². The first kappa shape index (κ1) is 13.3. The van der Waals surface area contributed by atoms with E-state index < -0.39 is 12.4 Å². The van der Waals surface area contributed by atoms with Gasteiger partial charge < -0.3 is 12.9 Å². The Morgan fingerprint density at radius 1 is 0.737 bits per heavy atom. The molecule has 0 atom stereocenters. The molecular weight excluding hydrogens is 248 g/mol. The Hall–Kier alpha value is -2.15. The topological polar surface area (TPSA) is 0 Å². The Labute approximate surface area is 110 Å². The Kier molecular flexibility index (Phi) is 3.66. The minimum atomic E-state index is -4.93. The number of benzene rings is 2. The molecule has 0 amide bonds. The Morgan fingerprint density at radius 3 is 1.58 bits per heavy atom. The van der Waals surface area contributed by atoms with E-state index in [9.17, 15) is 12.9 Å². The lowest BCUT2D eigenvalue weighted by atomic mass is 9.80. The lowest BCUT2D eigenvalue weighted by Crippen LogP contribution is -2.33. The molecule has 0 fully saturated rings. The zero-order valence-electron chi connectivity index (χ0n) is 10.3. The van der Waals surface area contributed by atoms with E-state index in [4.69, 9.17) is 0 Å². The third-order valence-electron chi connectivity index (χ3n) is 2.69. The van der Waals surface area contributed by atoms with Crippen LogP contribution >= 0.6 is 0 Å². The molecule has 0 saturated heterocycles. The van der Waals surface area contributed by atoms with Gasteiger partial charge in [0.05, 0.1) is 0 Å². The third-order valence-corrected chi connectivity index (χ3v) is 2.69.